The van der Waals surface area contributed by atoms with Gasteiger partial charge in [-0.2, -0.15) is 0 Å². The van der Waals surface area contributed by atoms with Gasteiger partial charge in [-0.1, -0.05) is 29.3 Å². The molecule has 28 heavy (non-hydrogen) atoms. The van der Waals surface area contributed by atoms with Crippen molar-refractivity contribution in [2.45, 2.75) is 6.42 Å². The van der Waals surface area contributed by atoms with E-state index < -0.39 is 0 Å². The average Bonchev–Trinajstić information content (AvgIpc) is 3.17. The molecule has 3 aromatic rings. The highest BCUT2D eigenvalue weighted by molar-refractivity contribution is 6.36. The Hall–Kier alpha value is -2.63. The highest BCUT2D eigenvalue weighted by Gasteiger charge is 2.14. The molecule has 146 valence electrons. The Morgan fingerprint density at radius 1 is 1.00 bits per heavy atom. The predicted molar refractivity (Wildman–Crippen MR) is 110 cm³/mol. The molecule has 2 aromatic carbocycles. The second-order valence-electron chi connectivity index (χ2n) is 5.98. The van der Waals surface area contributed by atoms with Crippen molar-refractivity contribution in [1.29, 1.82) is 0 Å². The molecule has 1 heterocycles. The zero-order valence-corrected chi connectivity index (χ0v) is 16.9. The molecule has 1 aromatic heterocycles. The lowest BCUT2D eigenvalue weighted by molar-refractivity contribution is 0.0927. The minimum Gasteiger partial charge on any atom is -0.493 e. The smallest absolute Gasteiger partial charge is 0.287 e. The Kier molecular flexibility index (Phi) is 6.49. The third kappa shape index (κ3) is 4.61. The number of carbonyl (C=O) groups is 1. The molecule has 0 saturated carbocycles. The molecule has 0 saturated heterocycles. The van der Waals surface area contributed by atoms with Gasteiger partial charge in [-0.15, -0.1) is 0 Å². The maximum absolute atomic E-state index is 12.3. The molecule has 1 N–H and O–H groups in total. The van der Waals surface area contributed by atoms with Crippen molar-refractivity contribution in [3.05, 3.63) is 69.9 Å². The van der Waals surface area contributed by atoms with Gasteiger partial charge in [0.15, 0.2) is 17.3 Å². The standard InChI is InChI=1S/C21H19Cl2NO4/c1-26-18-6-3-13(11-20(18)27-2)9-10-24-21(25)19-8-7-17(28-19)15-5-4-14(22)12-16(15)23/h3-8,11-12H,9-10H2,1-2H3,(H,24,25). The third-order valence-electron chi connectivity index (χ3n) is 4.17. The Balaban J connectivity index is 1.61. The number of carbonyl (C=O) groups excluding carboxylic acids is 1. The lowest BCUT2D eigenvalue weighted by Gasteiger charge is -2.09. The maximum Gasteiger partial charge on any atom is 0.287 e. The summed E-state index contributed by atoms with van der Waals surface area (Å²) >= 11 is 12.1. The van der Waals surface area contributed by atoms with Crippen LogP contribution in [0.25, 0.3) is 11.3 Å². The van der Waals surface area contributed by atoms with Gasteiger partial charge in [-0.05, 0) is 54.4 Å². The number of benzene rings is 2. The van der Waals surface area contributed by atoms with Crippen LogP contribution in [-0.4, -0.2) is 26.7 Å². The Morgan fingerprint density at radius 2 is 1.79 bits per heavy atom. The fourth-order valence-corrected chi connectivity index (χ4v) is 3.24. The van der Waals surface area contributed by atoms with Gasteiger partial charge < -0.3 is 19.2 Å². The number of amides is 1. The first-order chi connectivity index (χ1) is 13.5. The fraction of sp³-hybridized carbons (Fsp3) is 0.190. The van der Waals surface area contributed by atoms with Crippen LogP contribution < -0.4 is 14.8 Å². The molecule has 0 radical (unpaired) electrons. The molecule has 0 aliphatic carbocycles. The van der Waals surface area contributed by atoms with Crippen molar-refractivity contribution in [1.82, 2.24) is 5.32 Å². The summed E-state index contributed by atoms with van der Waals surface area (Å²) in [7, 11) is 3.18. The summed E-state index contributed by atoms with van der Waals surface area (Å²) < 4.78 is 16.2. The summed E-state index contributed by atoms with van der Waals surface area (Å²) in [6.07, 6.45) is 0.642. The van der Waals surface area contributed by atoms with Gasteiger partial charge in [0.25, 0.3) is 5.91 Å². The minimum atomic E-state index is -0.295. The number of rotatable bonds is 7. The van der Waals surface area contributed by atoms with Crippen LogP contribution in [0.15, 0.2) is 52.9 Å². The van der Waals surface area contributed by atoms with Crippen LogP contribution in [-0.2, 0) is 6.42 Å². The summed E-state index contributed by atoms with van der Waals surface area (Å²) in [6.45, 7) is 0.450. The zero-order chi connectivity index (χ0) is 20.1. The van der Waals surface area contributed by atoms with E-state index in [1.807, 2.05) is 18.2 Å². The lowest BCUT2D eigenvalue weighted by Crippen LogP contribution is -2.25. The summed E-state index contributed by atoms with van der Waals surface area (Å²) in [4.78, 5) is 12.3. The molecule has 0 spiro atoms. The van der Waals surface area contributed by atoms with Crippen LogP contribution in [0.4, 0.5) is 0 Å². The number of furan rings is 1. The lowest BCUT2D eigenvalue weighted by atomic mass is 10.1. The van der Waals surface area contributed by atoms with Crippen LogP contribution >= 0.6 is 23.2 Å². The van der Waals surface area contributed by atoms with E-state index >= 15 is 0 Å². The van der Waals surface area contributed by atoms with Crippen molar-refractivity contribution in [3.63, 3.8) is 0 Å². The predicted octanol–water partition coefficient (Wildman–Crippen LogP) is 5.24. The number of halogens is 2. The van der Waals surface area contributed by atoms with Crippen molar-refractivity contribution >= 4 is 29.1 Å². The second-order valence-corrected chi connectivity index (χ2v) is 6.83. The molecule has 0 aliphatic heterocycles. The first kappa shape index (κ1) is 20.1. The largest absolute Gasteiger partial charge is 0.493 e. The molecule has 7 heteroatoms. The maximum atomic E-state index is 12.3. The third-order valence-corrected chi connectivity index (χ3v) is 4.72. The van der Waals surface area contributed by atoms with Gasteiger partial charge in [-0.25, -0.2) is 0 Å². The van der Waals surface area contributed by atoms with Gasteiger partial charge in [0.1, 0.15) is 5.76 Å². The van der Waals surface area contributed by atoms with Crippen molar-refractivity contribution in [3.8, 4) is 22.8 Å². The summed E-state index contributed by atoms with van der Waals surface area (Å²) in [6, 6.07) is 14.1. The molecule has 3 rings (SSSR count). The average molecular weight is 420 g/mol. The number of hydrogen-bond acceptors (Lipinski definition) is 4. The summed E-state index contributed by atoms with van der Waals surface area (Å²) in [5.74, 6) is 1.75. The molecule has 0 aliphatic rings. The van der Waals surface area contributed by atoms with E-state index in [0.717, 1.165) is 5.56 Å². The van der Waals surface area contributed by atoms with Crippen molar-refractivity contribution < 1.29 is 18.7 Å². The topological polar surface area (TPSA) is 60.7 Å². The second kappa shape index (κ2) is 9.04. The molecular formula is C21H19Cl2NO4. The summed E-state index contributed by atoms with van der Waals surface area (Å²) in [5.41, 5.74) is 1.70. The number of ether oxygens (including phenoxy) is 2. The molecule has 0 atom stereocenters. The van der Waals surface area contributed by atoms with Gasteiger partial charge >= 0.3 is 0 Å². The molecule has 5 nitrogen and oxygen atoms in total. The van der Waals surface area contributed by atoms with Crippen LogP contribution in [0.1, 0.15) is 16.1 Å². The normalized spacial score (nSPS) is 10.6. The number of nitrogens with one attached hydrogen (secondary N) is 1. The molecule has 0 unspecified atom stereocenters. The first-order valence-corrected chi connectivity index (χ1v) is 9.31. The van der Waals surface area contributed by atoms with Crippen LogP contribution in [0.2, 0.25) is 10.0 Å². The van der Waals surface area contributed by atoms with E-state index in [0.29, 0.717) is 45.8 Å². The highest BCUT2D eigenvalue weighted by Crippen LogP contribution is 2.31. The van der Waals surface area contributed by atoms with E-state index in [4.69, 9.17) is 37.1 Å². The SMILES string of the molecule is COc1ccc(CCNC(=O)c2ccc(-c3ccc(Cl)cc3Cl)o2)cc1OC. The Labute approximate surface area is 173 Å². The van der Waals surface area contributed by atoms with Gasteiger partial charge in [0.2, 0.25) is 0 Å². The van der Waals surface area contributed by atoms with E-state index in [2.05, 4.69) is 5.32 Å². The number of methoxy groups -OCH3 is 2. The Morgan fingerprint density at radius 3 is 2.50 bits per heavy atom. The van der Waals surface area contributed by atoms with Gasteiger partial charge in [-0.3, -0.25) is 4.79 Å². The minimum absolute atomic E-state index is 0.216. The molecule has 0 bridgehead atoms. The molecule has 1 amide bonds. The van der Waals surface area contributed by atoms with Gasteiger partial charge in [0.05, 0.1) is 19.2 Å². The van der Waals surface area contributed by atoms with E-state index in [1.165, 1.54) is 0 Å². The van der Waals surface area contributed by atoms with E-state index in [9.17, 15) is 4.79 Å². The first-order valence-electron chi connectivity index (χ1n) is 8.56. The van der Waals surface area contributed by atoms with Gasteiger partial charge in [0, 0.05) is 17.1 Å². The van der Waals surface area contributed by atoms with E-state index in [1.54, 1.807) is 44.6 Å². The van der Waals surface area contributed by atoms with Crippen molar-refractivity contribution in [2.24, 2.45) is 0 Å². The Bertz CT molecular complexity index is 984. The monoisotopic (exact) mass is 419 g/mol. The number of hydrogen-bond donors (Lipinski definition) is 1. The van der Waals surface area contributed by atoms with E-state index in [-0.39, 0.29) is 11.7 Å². The fourth-order valence-electron chi connectivity index (χ4n) is 2.74. The van der Waals surface area contributed by atoms with Crippen LogP contribution in [0.5, 0.6) is 11.5 Å². The zero-order valence-electron chi connectivity index (χ0n) is 15.4. The molecule has 0 fully saturated rings. The molecular weight excluding hydrogens is 401 g/mol. The highest BCUT2D eigenvalue weighted by atomic mass is 35.5. The van der Waals surface area contributed by atoms with Crippen LogP contribution in [0, 0.1) is 0 Å². The quantitative estimate of drug-likeness (QED) is 0.568. The van der Waals surface area contributed by atoms with Crippen LogP contribution in [0.3, 0.4) is 0 Å². The van der Waals surface area contributed by atoms with Crippen molar-refractivity contribution in [2.75, 3.05) is 20.8 Å². The summed E-state index contributed by atoms with van der Waals surface area (Å²) in [5, 5.41) is 3.84.